The van der Waals surface area contributed by atoms with Gasteiger partial charge in [0.1, 0.15) is 5.84 Å². The van der Waals surface area contributed by atoms with E-state index in [0.29, 0.717) is 5.84 Å². The number of ether oxygens (including phenoxy) is 1. The van der Waals surface area contributed by atoms with Crippen molar-refractivity contribution in [3.8, 4) is 0 Å². The van der Waals surface area contributed by atoms with Crippen LogP contribution in [0.1, 0.15) is 56.9 Å². The van der Waals surface area contributed by atoms with Gasteiger partial charge >= 0.3 is 0 Å². The highest BCUT2D eigenvalue weighted by Gasteiger charge is 2.27. The number of fused-ring (bicyclic) bond motifs is 1. The molecule has 0 bridgehead atoms. The molecule has 1 aliphatic heterocycles. The van der Waals surface area contributed by atoms with Gasteiger partial charge in [-0.2, -0.15) is 0 Å². The topological polar surface area (TPSA) is 45.1 Å². The van der Waals surface area contributed by atoms with Crippen LogP contribution in [0.2, 0.25) is 0 Å². The smallest absolute Gasteiger partial charge is 0.156 e. The van der Waals surface area contributed by atoms with Crippen LogP contribution in [0.5, 0.6) is 0 Å². The van der Waals surface area contributed by atoms with Gasteiger partial charge in [-0.15, -0.1) is 0 Å². The van der Waals surface area contributed by atoms with Gasteiger partial charge in [-0.3, -0.25) is 5.41 Å². The first-order valence-corrected chi connectivity index (χ1v) is 6.86. The van der Waals surface area contributed by atoms with E-state index < -0.39 is 0 Å². The molecule has 0 aliphatic carbocycles. The molecule has 0 amide bonds. The molecule has 1 aliphatic rings. The Morgan fingerprint density at radius 3 is 2.56 bits per heavy atom. The normalized spacial score (nSPS) is 17.9. The fourth-order valence-corrected chi connectivity index (χ4v) is 2.46. The molecule has 2 rings (SSSR count). The van der Waals surface area contributed by atoms with Gasteiger partial charge in [-0.05, 0) is 12.8 Å². The summed E-state index contributed by atoms with van der Waals surface area (Å²) in [6.45, 7) is 4.37. The van der Waals surface area contributed by atoms with Crippen molar-refractivity contribution in [2.75, 3.05) is 0 Å². The minimum Gasteiger partial charge on any atom is -0.351 e. The van der Waals surface area contributed by atoms with Crippen LogP contribution >= 0.6 is 0 Å². The van der Waals surface area contributed by atoms with Crippen LogP contribution in [0.3, 0.4) is 0 Å². The molecule has 1 heterocycles. The van der Waals surface area contributed by atoms with Gasteiger partial charge in [0, 0.05) is 11.1 Å². The molecule has 3 nitrogen and oxygen atoms in total. The predicted octanol–water partition coefficient (Wildman–Crippen LogP) is 3.60. The van der Waals surface area contributed by atoms with Gasteiger partial charge in [0.05, 0.1) is 6.10 Å². The third kappa shape index (κ3) is 2.72. The van der Waals surface area contributed by atoms with Crippen molar-refractivity contribution in [1.82, 2.24) is 5.32 Å². The Morgan fingerprint density at radius 2 is 1.89 bits per heavy atom. The third-order valence-electron chi connectivity index (χ3n) is 3.34. The first kappa shape index (κ1) is 13.1. The van der Waals surface area contributed by atoms with Crippen molar-refractivity contribution in [2.45, 2.75) is 51.9 Å². The maximum absolute atomic E-state index is 7.92. The Labute approximate surface area is 109 Å². The van der Waals surface area contributed by atoms with E-state index in [0.717, 1.165) is 36.8 Å². The van der Waals surface area contributed by atoms with Gasteiger partial charge in [-0.1, -0.05) is 51.0 Å². The molecule has 98 valence electrons. The minimum atomic E-state index is -0.142. The Hall–Kier alpha value is -1.35. The summed E-state index contributed by atoms with van der Waals surface area (Å²) >= 11 is 0. The molecule has 0 aromatic heterocycles. The van der Waals surface area contributed by atoms with E-state index in [-0.39, 0.29) is 12.3 Å². The first-order valence-electron chi connectivity index (χ1n) is 6.86. The number of hydrogen-bond donors (Lipinski definition) is 2. The second kappa shape index (κ2) is 6.01. The summed E-state index contributed by atoms with van der Waals surface area (Å²) in [4.78, 5) is 0. The largest absolute Gasteiger partial charge is 0.351 e. The average molecular weight is 246 g/mol. The number of hydrogen-bond acceptors (Lipinski definition) is 2. The van der Waals surface area contributed by atoms with Gasteiger partial charge in [-0.25, -0.2) is 0 Å². The van der Waals surface area contributed by atoms with Gasteiger partial charge in [0.25, 0.3) is 0 Å². The van der Waals surface area contributed by atoms with Crippen LogP contribution in [0.15, 0.2) is 24.3 Å². The molecule has 0 fully saturated rings. The predicted molar refractivity (Wildman–Crippen MR) is 73.8 cm³/mol. The Morgan fingerprint density at radius 1 is 1.22 bits per heavy atom. The van der Waals surface area contributed by atoms with E-state index in [9.17, 15) is 0 Å². The van der Waals surface area contributed by atoms with E-state index in [1.54, 1.807) is 0 Å². The minimum absolute atomic E-state index is 0.142. The molecular formula is C15H22N2O. The molecule has 18 heavy (non-hydrogen) atoms. The fraction of sp³-hybridized carbons (Fsp3) is 0.533. The van der Waals surface area contributed by atoms with Crippen molar-refractivity contribution in [3.63, 3.8) is 0 Å². The Balaban J connectivity index is 2.08. The number of benzene rings is 1. The van der Waals surface area contributed by atoms with Crippen molar-refractivity contribution in [3.05, 3.63) is 35.4 Å². The van der Waals surface area contributed by atoms with E-state index in [1.165, 1.54) is 0 Å². The lowest BCUT2D eigenvalue weighted by Gasteiger charge is -2.22. The molecule has 1 atom stereocenters. The molecule has 1 aromatic carbocycles. The highest BCUT2D eigenvalue weighted by atomic mass is 16.5. The summed E-state index contributed by atoms with van der Waals surface area (Å²) in [5, 5.41) is 11.0. The van der Waals surface area contributed by atoms with Gasteiger partial charge in [0.2, 0.25) is 0 Å². The van der Waals surface area contributed by atoms with Crippen molar-refractivity contribution in [2.24, 2.45) is 0 Å². The second-order valence-electron chi connectivity index (χ2n) is 4.82. The zero-order chi connectivity index (χ0) is 13.0. The van der Waals surface area contributed by atoms with Crippen LogP contribution in [0, 0.1) is 5.41 Å². The summed E-state index contributed by atoms with van der Waals surface area (Å²) < 4.78 is 6.14. The standard InChI is InChI=1S/C15H22N2O/c1-3-7-11(8-4-2)18-15-13-10-6-5-9-12(13)14(16)17-15/h5-6,9-11,15H,3-4,7-8H2,1-2H3,(H2,16,17). The summed E-state index contributed by atoms with van der Waals surface area (Å²) in [7, 11) is 0. The van der Waals surface area contributed by atoms with Crippen LogP contribution in [-0.4, -0.2) is 11.9 Å². The number of nitrogens with one attached hydrogen (secondary N) is 2. The number of rotatable bonds is 6. The van der Waals surface area contributed by atoms with Gasteiger partial charge in [0.15, 0.2) is 6.23 Å². The van der Waals surface area contributed by atoms with E-state index in [4.69, 9.17) is 10.1 Å². The third-order valence-corrected chi connectivity index (χ3v) is 3.34. The number of amidine groups is 1. The summed E-state index contributed by atoms with van der Waals surface area (Å²) in [6, 6.07) is 7.99. The van der Waals surface area contributed by atoms with Crippen LogP contribution in [-0.2, 0) is 4.74 Å². The van der Waals surface area contributed by atoms with Crippen LogP contribution < -0.4 is 5.32 Å². The molecule has 0 spiro atoms. The monoisotopic (exact) mass is 246 g/mol. The molecule has 2 N–H and O–H groups in total. The molecule has 0 saturated heterocycles. The maximum Gasteiger partial charge on any atom is 0.156 e. The SMILES string of the molecule is CCCC(CCC)OC1NC(=N)c2ccccc21. The van der Waals surface area contributed by atoms with Crippen LogP contribution in [0.25, 0.3) is 0 Å². The average Bonchev–Trinajstić information content (AvgIpc) is 2.68. The summed E-state index contributed by atoms with van der Waals surface area (Å²) in [6.07, 6.45) is 4.59. The molecule has 0 saturated carbocycles. The second-order valence-corrected chi connectivity index (χ2v) is 4.82. The van der Waals surface area contributed by atoms with E-state index >= 15 is 0 Å². The lowest BCUT2D eigenvalue weighted by Crippen LogP contribution is -2.26. The van der Waals surface area contributed by atoms with Gasteiger partial charge < -0.3 is 10.1 Å². The van der Waals surface area contributed by atoms with E-state index in [2.05, 4.69) is 19.2 Å². The van der Waals surface area contributed by atoms with Crippen LogP contribution in [0.4, 0.5) is 0 Å². The van der Waals surface area contributed by atoms with E-state index in [1.807, 2.05) is 24.3 Å². The Kier molecular flexibility index (Phi) is 4.37. The Bertz CT molecular complexity index is 411. The highest BCUT2D eigenvalue weighted by molar-refractivity contribution is 6.00. The summed E-state index contributed by atoms with van der Waals surface area (Å²) in [5.41, 5.74) is 2.06. The fourth-order valence-electron chi connectivity index (χ4n) is 2.46. The first-order chi connectivity index (χ1) is 8.76. The highest BCUT2D eigenvalue weighted by Crippen LogP contribution is 2.28. The quantitative estimate of drug-likeness (QED) is 0.805. The lowest BCUT2D eigenvalue weighted by molar-refractivity contribution is -0.0276. The molecular weight excluding hydrogens is 224 g/mol. The molecule has 1 aromatic rings. The zero-order valence-electron chi connectivity index (χ0n) is 11.2. The molecule has 1 unspecified atom stereocenters. The molecule has 0 radical (unpaired) electrons. The lowest BCUT2D eigenvalue weighted by atomic mass is 10.1. The summed E-state index contributed by atoms with van der Waals surface area (Å²) in [5.74, 6) is 0.474. The van der Waals surface area contributed by atoms with Crippen molar-refractivity contribution >= 4 is 5.84 Å². The maximum atomic E-state index is 7.92. The van der Waals surface area contributed by atoms with Crippen molar-refractivity contribution in [1.29, 1.82) is 5.41 Å². The zero-order valence-corrected chi connectivity index (χ0v) is 11.2. The molecule has 3 heteroatoms. The van der Waals surface area contributed by atoms with Crippen molar-refractivity contribution < 1.29 is 4.74 Å².